The van der Waals surface area contributed by atoms with Gasteiger partial charge in [-0.05, 0) is 24.3 Å². The number of nitrogens with zero attached hydrogens (tertiary/aromatic N) is 3. The first-order valence-electron chi connectivity index (χ1n) is 8.17. The average Bonchev–Trinajstić information content (AvgIpc) is 3.21. The fourth-order valence-corrected chi connectivity index (χ4v) is 3.63. The maximum atomic E-state index is 9.62. The number of hydrogen-bond donors (Lipinski definition) is 0. The fourth-order valence-electron chi connectivity index (χ4n) is 3.63. The van der Waals surface area contributed by atoms with E-state index in [4.69, 9.17) is 4.42 Å². The Morgan fingerprint density at radius 2 is 1.38 bits per heavy atom. The van der Waals surface area contributed by atoms with E-state index in [0.717, 1.165) is 27.3 Å². The van der Waals surface area contributed by atoms with E-state index in [9.17, 15) is 10.5 Å². The lowest BCUT2D eigenvalue weighted by Gasteiger charge is -2.10. The van der Waals surface area contributed by atoms with Crippen molar-refractivity contribution in [3.05, 3.63) is 77.9 Å². The number of nitriles is 2. The second-order valence-electron chi connectivity index (χ2n) is 6.06. The summed E-state index contributed by atoms with van der Waals surface area (Å²) in [5, 5.41) is 22.3. The van der Waals surface area contributed by atoms with E-state index in [1.165, 1.54) is 0 Å². The lowest BCUT2D eigenvalue weighted by Crippen LogP contribution is -2.00. The largest absolute Gasteiger partial charge is 0.439 e. The maximum absolute atomic E-state index is 9.62. The summed E-state index contributed by atoms with van der Waals surface area (Å²) < 4.78 is 8.06. The van der Waals surface area contributed by atoms with Crippen LogP contribution in [0.15, 0.2) is 71.1 Å². The molecular formula is C22H11N3O. The second kappa shape index (κ2) is 5.24. The fraction of sp³-hybridized carbons (Fsp3) is 0. The predicted octanol–water partition coefficient (Wildman–Crippen LogP) is 5.27. The van der Waals surface area contributed by atoms with Crippen molar-refractivity contribution < 1.29 is 4.42 Å². The molecule has 26 heavy (non-hydrogen) atoms. The van der Waals surface area contributed by atoms with Crippen molar-refractivity contribution in [1.29, 1.82) is 10.5 Å². The van der Waals surface area contributed by atoms with Gasteiger partial charge in [-0.25, -0.2) is 0 Å². The minimum atomic E-state index is 0.437. The molecule has 0 aliphatic rings. The van der Waals surface area contributed by atoms with Crippen LogP contribution >= 0.6 is 0 Å². The number of rotatable bonds is 1. The van der Waals surface area contributed by atoms with E-state index < -0.39 is 0 Å². The van der Waals surface area contributed by atoms with Crippen molar-refractivity contribution >= 4 is 33.0 Å². The highest BCUT2D eigenvalue weighted by Gasteiger charge is 2.22. The van der Waals surface area contributed by atoms with Crippen LogP contribution in [0.25, 0.3) is 38.7 Å². The molecule has 0 aliphatic heterocycles. The summed E-state index contributed by atoms with van der Waals surface area (Å²) in [5.41, 5.74) is 3.77. The SMILES string of the molecule is N#Cc1cccc(C#N)c1-n1c2ccccc2c2c3ccccc3oc21. The van der Waals surface area contributed by atoms with Gasteiger partial charge in [-0.2, -0.15) is 10.5 Å². The standard InChI is InChI=1S/C22H11N3O/c23-12-14-6-5-7-15(13-24)21(14)25-18-10-3-1-8-16(18)20-17-9-2-4-11-19(17)26-22(20)25/h1-11H. The molecule has 0 spiro atoms. The van der Waals surface area contributed by atoms with Gasteiger partial charge in [0.2, 0.25) is 5.71 Å². The van der Waals surface area contributed by atoms with Gasteiger partial charge in [0.1, 0.15) is 17.7 Å². The third kappa shape index (κ3) is 1.76. The zero-order chi connectivity index (χ0) is 17.7. The molecule has 0 bridgehead atoms. The minimum Gasteiger partial charge on any atom is -0.439 e. The summed E-state index contributed by atoms with van der Waals surface area (Å²) in [7, 11) is 0. The normalized spacial score (nSPS) is 11.0. The highest BCUT2D eigenvalue weighted by atomic mass is 16.3. The Morgan fingerprint density at radius 3 is 2.12 bits per heavy atom. The molecule has 0 saturated heterocycles. The quantitative estimate of drug-likeness (QED) is 0.419. The van der Waals surface area contributed by atoms with Crippen LogP contribution in [0.1, 0.15) is 11.1 Å². The van der Waals surface area contributed by atoms with E-state index in [2.05, 4.69) is 12.1 Å². The summed E-state index contributed by atoms with van der Waals surface area (Å²) in [6.07, 6.45) is 0. The van der Waals surface area contributed by atoms with Gasteiger partial charge in [-0.1, -0.05) is 42.5 Å². The van der Waals surface area contributed by atoms with Crippen molar-refractivity contribution in [1.82, 2.24) is 4.57 Å². The van der Waals surface area contributed by atoms with Gasteiger partial charge in [-0.15, -0.1) is 0 Å². The number of para-hydroxylation sites is 3. The lowest BCUT2D eigenvalue weighted by molar-refractivity contribution is 0.645. The predicted molar refractivity (Wildman–Crippen MR) is 100.0 cm³/mol. The molecule has 3 aromatic carbocycles. The third-order valence-electron chi connectivity index (χ3n) is 4.69. The Morgan fingerprint density at radius 1 is 0.731 bits per heavy atom. The van der Waals surface area contributed by atoms with Gasteiger partial charge >= 0.3 is 0 Å². The molecule has 0 radical (unpaired) electrons. The van der Waals surface area contributed by atoms with Crippen LogP contribution in [0.2, 0.25) is 0 Å². The summed E-state index contributed by atoms with van der Waals surface area (Å²) >= 11 is 0. The van der Waals surface area contributed by atoms with Gasteiger partial charge in [0.05, 0.1) is 27.7 Å². The Kier molecular flexibility index (Phi) is 2.89. The number of hydrogen-bond acceptors (Lipinski definition) is 3. The number of benzene rings is 3. The van der Waals surface area contributed by atoms with Crippen LogP contribution in [0, 0.1) is 22.7 Å². The molecule has 5 rings (SSSR count). The van der Waals surface area contributed by atoms with E-state index >= 15 is 0 Å². The van der Waals surface area contributed by atoms with Crippen LogP contribution < -0.4 is 0 Å². The molecule has 4 nitrogen and oxygen atoms in total. The third-order valence-corrected chi connectivity index (χ3v) is 4.69. The molecule has 120 valence electrons. The first-order chi connectivity index (χ1) is 12.8. The van der Waals surface area contributed by atoms with E-state index in [-0.39, 0.29) is 0 Å². The molecule has 0 aliphatic carbocycles. The molecule has 2 heterocycles. The molecule has 0 atom stereocenters. The summed E-state index contributed by atoms with van der Waals surface area (Å²) in [6.45, 7) is 0. The molecule has 4 heteroatoms. The van der Waals surface area contributed by atoms with E-state index in [1.807, 2.05) is 53.1 Å². The van der Waals surface area contributed by atoms with Crippen molar-refractivity contribution in [3.63, 3.8) is 0 Å². The van der Waals surface area contributed by atoms with Crippen molar-refractivity contribution in [2.24, 2.45) is 0 Å². The molecule has 0 fully saturated rings. The monoisotopic (exact) mass is 333 g/mol. The van der Waals surface area contributed by atoms with Gasteiger partial charge in [0.25, 0.3) is 0 Å². The Balaban J connectivity index is 2.08. The van der Waals surface area contributed by atoms with Crippen molar-refractivity contribution in [2.75, 3.05) is 0 Å². The van der Waals surface area contributed by atoms with Crippen LogP contribution in [0.4, 0.5) is 0 Å². The van der Waals surface area contributed by atoms with Crippen molar-refractivity contribution in [3.8, 4) is 17.8 Å². The van der Waals surface area contributed by atoms with E-state index in [1.54, 1.807) is 18.2 Å². The number of aromatic nitrogens is 1. The van der Waals surface area contributed by atoms with Gasteiger partial charge in [0, 0.05) is 10.8 Å². The smallest absolute Gasteiger partial charge is 0.213 e. The zero-order valence-corrected chi connectivity index (χ0v) is 13.6. The van der Waals surface area contributed by atoms with Crippen LogP contribution in [-0.4, -0.2) is 4.57 Å². The first-order valence-corrected chi connectivity index (χ1v) is 8.17. The summed E-state index contributed by atoms with van der Waals surface area (Å²) in [6, 6.07) is 25.4. The Labute approximate surface area is 148 Å². The van der Waals surface area contributed by atoms with Gasteiger partial charge in [0.15, 0.2) is 0 Å². The Hall–Kier alpha value is -4.02. The van der Waals surface area contributed by atoms with Crippen LogP contribution in [-0.2, 0) is 0 Å². The molecule has 5 aromatic rings. The summed E-state index contributed by atoms with van der Waals surface area (Å²) in [4.78, 5) is 0. The van der Waals surface area contributed by atoms with Gasteiger partial charge < -0.3 is 4.42 Å². The van der Waals surface area contributed by atoms with Crippen molar-refractivity contribution in [2.45, 2.75) is 0 Å². The van der Waals surface area contributed by atoms with Gasteiger partial charge in [-0.3, -0.25) is 4.57 Å². The van der Waals surface area contributed by atoms with Crippen LogP contribution in [0.3, 0.4) is 0 Å². The number of furan rings is 1. The molecule has 0 unspecified atom stereocenters. The zero-order valence-electron chi connectivity index (χ0n) is 13.6. The molecular weight excluding hydrogens is 322 g/mol. The summed E-state index contributed by atoms with van der Waals surface area (Å²) in [5.74, 6) is 0. The first kappa shape index (κ1) is 14.3. The molecule has 0 saturated carbocycles. The molecule has 0 amide bonds. The lowest BCUT2D eigenvalue weighted by atomic mass is 10.1. The molecule has 0 N–H and O–H groups in total. The second-order valence-corrected chi connectivity index (χ2v) is 6.06. The average molecular weight is 333 g/mol. The topological polar surface area (TPSA) is 65.7 Å². The van der Waals surface area contributed by atoms with E-state index in [0.29, 0.717) is 22.5 Å². The highest BCUT2D eigenvalue weighted by Crippen LogP contribution is 2.39. The number of fused-ring (bicyclic) bond motifs is 5. The van der Waals surface area contributed by atoms with Crippen LogP contribution in [0.5, 0.6) is 0 Å². The maximum Gasteiger partial charge on any atom is 0.213 e. The molecule has 2 aromatic heterocycles. The Bertz CT molecular complexity index is 1370. The minimum absolute atomic E-state index is 0.437. The highest BCUT2D eigenvalue weighted by molar-refractivity contribution is 6.20.